The monoisotopic (exact) mass is 242 g/mol. The Morgan fingerprint density at radius 3 is 2.72 bits per heavy atom. The molecule has 1 heterocycles. The highest BCUT2D eigenvalue weighted by atomic mass is 16.4. The average molecular weight is 242 g/mol. The van der Waals surface area contributed by atoms with E-state index >= 15 is 0 Å². The molecule has 1 N–H and O–H groups in total. The summed E-state index contributed by atoms with van der Waals surface area (Å²) < 4.78 is 1.79. The van der Waals surface area contributed by atoms with Gasteiger partial charge in [0, 0.05) is 11.6 Å². The fraction of sp³-hybridized carbons (Fsp3) is 0.286. The average Bonchev–Trinajstić information content (AvgIpc) is 3.09. The van der Waals surface area contributed by atoms with E-state index in [0.717, 1.165) is 29.8 Å². The summed E-state index contributed by atoms with van der Waals surface area (Å²) in [6.45, 7) is 2.01. The third-order valence-corrected chi connectivity index (χ3v) is 3.30. The minimum absolute atomic E-state index is 0.125. The molecular formula is C14H14N2O2. The second kappa shape index (κ2) is 3.98. The highest BCUT2D eigenvalue weighted by molar-refractivity contribution is 5.85. The molecule has 92 valence electrons. The summed E-state index contributed by atoms with van der Waals surface area (Å²) in [6, 6.07) is 9.60. The topological polar surface area (TPSA) is 55.1 Å². The van der Waals surface area contributed by atoms with Gasteiger partial charge >= 0.3 is 5.97 Å². The number of aryl methyl sites for hydroxylation is 1. The fourth-order valence-corrected chi connectivity index (χ4v) is 2.16. The Labute approximate surface area is 105 Å². The maximum atomic E-state index is 11.0. The molecule has 1 aromatic heterocycles. The zero-order valence-electron chi connectivity index (χ0n) is 10.1. The van der Waals surface area contributed by atoms with Crippen LogP contribution in [0.15, 0.2) is 30.3 Å². The molecule has 4 nitrogen and oxygen atoms in total. The number of carbonyl (C=O) groups is 1. The van der Waals surface area contributed by atoms with E-state index in [1.807, 2.05) is 31.2 Å². The van der Waals surface area contributed by atoms with Gasteiger partial charge in [-0.2, -0.15) is 5.10 Å². The van der Waals surface area contributed by atoms with Crippen molar-refractivity contribution in [2.45, 2.75) is 25.7 Å². The molecule has 0 unspecified atom stereocenters. The number of hydrogen-bond acceptors (Lipinski definition) is 2. The highest BCUT2D eigenvalue weighted by Gasteiger charge is 2.29. The predicted octanol–water partition coefficient (Wildman–Crippen LogP) is 2.76. The van der Waals surface area contributed by atoms with Crippen molar-refractivity contribution < 1.29 is 9.90 Å². The van der Waals surface area contributed by atoms with Crippen molar-refractivity contribution in [1.29, 1.82) is 0 Å². The summed E-state index contributed by atoms with van der Waals surface area (Å²) in [6.07, 6.45) is 2.24. The van der Waals surface area contributed by atoms with Gasteiger partial charge in [-0.05, 0) is 37.5 Å². The number of aromatic nitrogens is 2. The first-order valence-corrected chi connectivity index (χ1v) is 6.06. The van der Waals surface area contributed by atoms with Crippen molar-refractivity contribution in [3.8, 4) is 5.69 Å². The van der Waals surface area contributed by atoms with E-state index in [0.29, 0.717) is 5.92 Å². The highest BCUT2D eigenvalue weighted by Crippen LogP contribution is 2.41. The largest absolute Gasteiger partial charge is 0.476 e. The van der Waals surface area contributed by atoms with E-state index in [9.17, 15) is 4.79 Å². The second-order valence-corrected chi connectivity index (χ2v) is 4.73. The Morgan fingerprint density at radius 1 is 1.39 bits per heavy atom. The maximum Gasteiger partial charge on any atom is 0.356 e. The van der Waals surface area contributed by atoms with Crippen LogP contribution in [0.25, 0.3) is 5.69 Å². The maximum absolute atomic E-state index is 11.0. The Balaban J connectivity index is 2.15. The molecule has 0 amide bonds. The van der Waals surface area contributed by atoms with E-state index < -0.39 is 5.97 Å². The molecule has 1 saturated carbocycles. The van der Waals surface area contributed by atoms with Crippen LogP contribution in [0.5, 0.6) is 0 Å². The van der Waals surface area contributed by atoms with E-state index in [1.165, 1.54) is 0 Å². The van der Waals surface area contributed by atoms with Crippen molar-refractivity contribution in [2.75, 3.05) is 0 Å². The molecular weight excluding hydrogens is 228 g/mol. The van der Waals surface area contributed by atoms with Gasteiger partial charge in [-0.15, -0.1) is 0 Å². The number of carboxylic acids is 1. The van der Waals surface area contributed by atoms with Crippen LogP contribution in [0.1, 0.15) is 40.5 Å². The number of carboxylic acid groups (broad SMARTS) is 1. The number of rotatable bonds is 3. The Hall–Kier alpha value is -2.10. The molecule has 0 atom stereocenters. The third kappa shape index (κ3) is 1.79. The van der Waals surface area contributed by atoms with Gasteiger partial charge in [0.2, 0.25) is 0 Å². The first-order valence-electron chi connectivity index (χ1n) is 6.06. The zero-order chi connectivity index (χ0) is 12.7. The van der Waals surface area contributed by atoms with Crippen LogP contribution in [0, 0.1) is 6.92 Å². The lowest BCUT2D eigenvalue weighted by molar-refractivity contribution is 0.0690. The minimum atomic E-state index is -0.968. The van der Waals surface area contributed by atoms with Gasteiger partial charge in [0.1, 0.15) is 0 Å². The summed E-state index contributed by atoms with van der Waals surface area (Å²) >= 11 is 0. The molecule has 1 aromatic carbocycles. The number of nitrogens with zero attached hydrogens (tertiary/aromatic N) is 2. The molecule has 4 heteroatoms. The zero-order valence-corrected chi connectivity index (χ0v) is 10.1. The van der Waals surface area contributed by atoms with Crippen LogP contribution in [0.2, 0.25) is 0 Å². The molecule has 1 aliphatic rings. The van der Waals surface area contributed by atoms with Crippen LogP contribution >= 0.6 is 0 Å². The van der Waals surface area contributed by atoms with Crippen molar-refractivity contribution in [1.82, 2.24) is 9.78 Å². The minimum Gasteiger partial charge on any atom is -0.476 e. The van der Waals surface area contributed by atoms with Gasteiger partial charge in [-0.25, -0.2) is 9.48 Å². The van der Waals surface area contributed by atoms with Crippen LogP contribution in [-0.4, -0.2) is 20.9 Å². The summed E-state index contributed by atoms with van der Waals surface area (Å²) in [5.74, 6) is -0.505. The summed E-state index contributed by atoms with van der Waals surface area (Å²) in [5, 5.41) is 13.3. The molecule has 0 radical (unpaired) electrons. The molecule has 0 saturated heterocycles. The number of para-hydroxylation sites is 1. The Morgan fingerprint density at radius 2 is 2.11 bits per heavy atom. The molecule has 18 heavy (non-hydrogen) atoms. The molecule has 0 aliphatic heterocycles. The van der Waals surface area contributed by atoms with Crippen molar-refractivity contribution in [3.05, 3.63) is 47.3 Å². The predicted molar refractivity (Wildman–Crippen MR) is 67.2 cm³/mol. The second-order valence-electron chi connectivity index (χ2n) is 4.73. The van der Waals surface area contributed by atoms with Crippen molar-refractivity contribution >= 4 is 5.97 Å². The summed E-state index contributed by atoms with van der Waals surface area (Å²) in [5.41, 5.74) is 3.20. The van der Waals surface area contributed by atoms with Gasteiger partial charge in [0.15, 0.2) is 5.69 Å². The lowest BCUT2D eigenvalue weighted by Crippen LogP contribution is -2.04. The summed E-state index contributed by atoms with van der Waals surface area (Å²) in [7, 11) is 0. The molecule has 2 aromatic rings. The van der Waals surface area contributed by atoms with Gasteiger partial charge < -0.3 is 5.11 Å². The van der Waals surface area contributed by atoms with Crippen molar-refractivity contribution in [3.63, 3.8) is 0 Å². The molecule has 0 spiro atoms. The number of hydrogen-bond donors (Lipinski definition) is 1. The van der Waals surface area contributed by atoms with E-state index in [1.54, 1.807) is 10.7 Å². The normalized spacial score (nSPS) is 14.7. The quantitative estimate of drug-likeness (QED) is 0.900. The standard InChI is InChI=1S/C14H14N2O2/c1-9-4-2-3-5-12(9)16-13(10-6-7-10)8-11(15-16)14(17)18/h2-5,8,10H,6-7H2,1H3,(H,17,18). The molecule has 1 fully saturated rings. The first-order chi connectivity index (χ1) is 8.66. The smallest absolute Gasteiger partial charge is 0.356 e. The van der Waals surface area contributed by atoms with Crippen molar-refractivity contribution in [2.24, 2.45) is 0 Å². The number of aromatic carboxylic acids is 1. The Kier molecular flexibility index (Phi) is 2.44. The summed E-state index contributed by atoms with van der Waals surface area (Å²) in [4.78, 5) is 11.0. The fourth-order valence-electron chi connectivity index (χ4n) is 2.16. The van der Waals surface area contributed by atoms with Crippen LogP contribution in [0.3, 0.4) is 0 Å². The lowest BCUT2D eigenvalue weighted by atomic mass is 10.2. The SMILES string of the molecule is Cc1ccccc1-n1nc(C(=O)O)cc1C1CC1. The lowest BCUT2D eigenvalue weighted by Gasteiger charge is -2.09. The van der Waals surface area contributed by atoms with Gasteiger partial charge in [-0.3, -0.25) is 0 Å². The molecule has 1 aliphatic carbocycles. The van der Waals surface area contributed by atoms with Crippen LogP contribution < -0.4 is 0 Å². The van der Waals surface area contributed by atoms with E-state index in [-0.39, 0.29) is 5.69 Å². The van der Waals surface area contributed by atoms with E-state index in [2.05, 4.69) is 5.10 Å². The molecule has 3 rings (SSSR count). The third-order valence-electron chi connectivity index (χ3n) is 3.30. The number of benzene rings is 1. The van der Waals surface area contributed by atoms with Gasteiger partial charge in [0.25, 0.3) is 0 Å². The Bertz CT molecular complexity index is 612. The van der Waals surface area contributed by atoms with Crippen LogP contribution in [0.4, 0.5) is 0 Å². The van der Waals surface area contributed by atoms with Gasteiger partial charge in [0.05, 0.1) is 5.69 Å². The molecule has 0 bridgehead atoms. The first kappa shape index (κ1) is 11.0. The van der Waals surface area contributed by atoms with E-state index in [4.69, 9.17) is 5.11 Å². The van der Waals surface area contributed by atoms with Crippen LogP contribution in [-0.2, 0) is 0 Å². The van der Waals surface area contributed by atoms with Gasteiger partial charge in [-0.1, -0.05) is 18.2 Å².